The zero-order valence-electron chi connectivity index (χ0n) is 17.0. The van der Waals surface area contributed by atoms with E-state index in [9.17, 15) is 14.7 Å². The molecule has 0 aliphatic heterocycles. The molecule has 8 heteroatoms. The lowest BCUT2D eigenvalue weighted by atomic mass is 10.0. The third-order valence-electron chi connectivity index (χ3n) is 4.67. The SMILES string of the molecule is CN(C)C(C(=O)NC(CO)CNC(=O)c1ccc(-c2ccco2)[nH]1)c1ccccc1. The summed E-state index contributed by atoms with van der Waals surface area (Å²) in [6, 6.07) is 15.2. The summed E-state index contributed by atoms with van der Waals surface area (Å²) in [7, 11) is 3.63. The molecule has 3 aromatic rings. The maximum atomic E-state index is 12.8. The second-order valence-corrected chi connectivity index (χ2v) is 7.14. The van der Waals surface area contributed by atoms with Crippen LogP contribution >= 0.6 is 0 Å². The molecule has 0 bridgehead atoms. The lowest BCUT2D eigenvalue weighted by Gasteiger charge is -2.26. The highest BCUT2D eigenvalue weighted by Gasteiger charge is 2.25. The number of rotatable bonds is 9. The Kier molecular flexibility index (Phi) is 7.05. The molecule has 158 valence electrons. The molecule has 2 unspecified atom stereocenters. The number of hydrogen-bond donors (Lipinski definition) is 4. The van der Waals surface area contributed by atoms with Crippen LogP contribution in [-0.4, -0.2) is 60.1 Å². The van der Waals surface area contributed by atoms with E-state index in [1.807, 2.05) is 44.4 Å². The Morgan fingerprint density at radius 2 is 1.87 bits per heavy atom. The van der Waals surface area contributed by atoms with Crippen molar-refractivity contribution in [1.82, 2.24) is 20.5 Å². The Morgan fingerprint density at radius 1 is 1.10 bits per heavy atom. The van der Waals surface area contributed by atoms with Gasteiger partial charge in [-0.2, -0.15) is 0 Å². The summed E-state index contributed by atoms with van der Waals surface area (Å²) in [6.45, 7) is -0.214. The van der Waals surface area contributed by atoms with Gasteiger partial charge in [0.15, 0.2) is 0 Å². The van der Waals surface area contributed by atoms with Gasteiger partial charge in [0.25, 0.3) is 5.91 Å². The molecular formula is C22H26N4O4. The van der Waals surface area contributed by atoms with Crippen LogP contribution in [0.15, 0.2) is 65.3 Å². The highest BCUT2D eigenvalue weighted by Crippen LogP contribution is 2.19. The average molecular weight is 410 g/mol. The van der Waals surface area contributed by atoms with Crippen molar-refractivity contribution in [2.45, 2.75) is 12.1 Å². The van der Waals surface area contributed by atoms with Gasteiger partial charge in [-0.05, 0) is 43.9 Å². The quantitative estimate of drug-likeness (QED) is 0.430. The first-order chi connectivity index (χ1) is 14.5. The molecule has 0 saturated heterocycles. The van der Waals surface area contributed by atoms with Crippen LogP contribution in [0, 0.1) is 0 Å². The van der Waals surface area contributed by atoms with Crippen LogP contribution in [0.1, 0.15) is 22.1 Å². The van der Waals surface area contributed by atoms with E-state index in [2.05, 4.69) is 15.6 Å². The minimum Gasteiger partial charge on any atom is -0.463 e. The lowest BCUT2D eigenvalue weighted by molar-refractivity contribution is -0.126. The molecule has 2 atom stereocenters. The largest absolute Gasteiger partial charge is 0.463 e. The Balaban J connectivity index is 1.58. The number of aliphatic hydroxyl groups excluding tert-OH is 1. The van der Waals surface area contributed by atoms with Crippen LogP contribution in [0.3, 0.4) is 0 Å². The number of carbonyl (C=O) groups excluding carboxylic acids is 2. The standard InChI is InChI=1S/C22H26N4O4/c1-26(2)20(15-7-4-3-5-8-15)22(29)24-16(14-27)13-23-21(28)18-11-10-17(25-18)19-9-6-12-30-19/h3-12,16,20,25,27H,13-14H2,1-2H3,(H,23,28)(H,24,29). The van der Waals surface area contributed by atoms with Crippen LogP contribution in [0.4, 0.5) is 0 Å². The van der Waals surface area contributed by atoms with E-state index in [4.69, 9.17) is 4.42 Å². The van der Waals surface area contributed by atoms with E-state index in [0.29, 0.717) is 17.1 Å². The van der Waals surface area contributed by atoms with Crippen molar-refractivity contribution in [3.8, 4) is 11.5 Å². The van der Waals surface area contributed by atoms with Gasteiger partial charge in [-0.15, -0.1) is 0 Å². The molecule has 2 heterocycles. The van der Waals surface area contributed by atoms with Gasteiger partial charge in [0.2, 0.25) is 5.91 Å². The molecule has 0 aliphatic rings. The Morgan fingerprint density at radius 3 is 2.50 bits per heavy atom. The van der Waals surface area contributed by atoms with E-state index in [1.54, 1.807) is 35.4 Å². The monoisotopic (exact) mass is 410 g/mol. The third-order valence-corrected chi connectivity index (χ3v) is 4.67. The Labute approximate surface area is 174 Å². The van der Waals surface area contributed by atoms with Crippen LogP contribution in [0.2, 0.25) is 0 Å². The van der Waals surface area contributed by atoms with Gasteiger partial charge in [-0.1, -0.05) is 30.3 Å². The number of hydrogen-bond acceptors (Lipinski definition) is 5. The second-order valence-electron chi connectivity index (χ2n) is 7.14. The smallest absolute Gasteiger partial charge is 0.267 e. The number of likely N-dealkylation sites (N-methyl/N-ethyl adjacent to an activating group) is 1. The highest BCUT2D eigenvalue weighted by molar-refractivity contribution is 5.93. The van der Waals surface area contributed by atoms with Crippen molar-refractivity contribution in [3.63, 3.8) is 0 Å². The van der Waals surface area contributed by atoms with Gasteiger partial charge >= 0.3 is 0 Å². The van der Waals surface area contributed by atoms with Gasteiger partial charge in [-0.25, -0.2) is 0 Å². The molecule has 2 amide bonds. The van der Waals surface area contributed by atoms with Crippen LogP contribution < -0.4 is 10.6 Å². The molecule has 3 rings (SSSR count). The van der Waals surface area contributed by atoms with Gasteiger partial charge in [0.05, 0.1) is 24.6 Å². The fourth-order valence-corrected chi connectivity index (χ4v) is 3.17. The molecule has 0 saturated carbocycles. The zero-order valence-corrected chi connectivity index (χ0v) is 17.0. The highest BCUT2D eigenvalue weighted by atomic mass is 16.3. The normalized spacial score (nSPS) is 13.1. The van der Waals surface area contributed by atoms with Crippen molar-refractivity contribution in [2.75, 3.05) is 27.2 Å². The molecule has 0 radical (unpaired) electrons. The maximum absolute atomic E-state index is 12.8. The summed E-state index contributed by atoms with van der Waals surface area (Å²) >= 11 is 0. The van der Waals surface area contributed by atoms with E-state index < -0.39 is 12.1 Å². The number of nitrogens with one attached hydrogen (secondary N) is 3. The van der Waals surface area contributed by atoms with Gasteiger partial charge in [0, 0.05) is 6.54 Å². The summed E-state index contributed by atoms with van der Waals surface area (Å²) in [4.78, 5) is 30.0. The molecule has 30 heavy (non-hydrogen) atoms. The first kappa shape index (κ1) is 21.4. The number of aliphatic hydroxyl groups is 1. The van der Waals surface area contributed by atoms with E-state index in [-0.39, 0.29) is 25.0 Å². The summed E-state index contributed by atoms with van der Waals surface area (Å²) in [5.74, 6) is 0.0392. The molecule has 0 spiro atoms. The summed E-state index contributed by atoms with van der Waals surface area (Å²) in [5, 5.41) is 15.2. The number of furan rings is 1. The zero-order chi connectivity index (χ0) is 21.5. The minimum absolute atomic E-state index is 0.0884. The summed E-state index contributed by atoms with van der Waals surface area (Å²) < 4.78 is 5.30. The minimum atomic E-state index is -0.618. The number of nitrogens with zero attached hydrogens (tertiary/aromatic N) is 1. The molecule has 1 aromatic carbocycles. The van der Waals surface area contributed by atoms with Gasteiger partial charge < -0.3 is 25.1 Å². The number of H-pyrrole nitrogens is 1. The lowest BCUT2D eigenvalue weighted by Crippen LogP contribution is -2.49. The number of carbonyl (C=O) groups is 2. The number of benzene rings is 1. The van der Waals surface area contributed by atoms with Gasteiger partial charge in [-0.3, -0.25) is 14.5 Å². The van der Waals surface area contributed by atoms with Crippen molar-refractivity contribution < 1.29 is 19.1 Å². The van der Waals surface area contributed by atoms with Crippen molar-refractivity contribution in [3.05, 3.63) is 72.1 Å². The van der Waals surface area contributed by atoms with Crippen LogP contribution in [-0.2, 0) is 4.79 Å². The molecule has 0 aliphatic carbocycles. The van der Waals surface area contributed by atoms with Crippen molar-refractivity contribution in [1.29, 1.82) is 0 Å². The van der Waals surface area contributed by atoms with Crippen molar-refractivity contribution in [2.24, 2.45) is 0 Å². The van der Waals surface area contributed by atoms with Crippen LogP contribution in [0.25, 0.3) is 11.5 Å². The second kappa shape index (κ2) is 9.91. The van der Waals surface area contributed by atoms with Gasteiger partial charge in [0.1, 0.15) is 17.5 Å². The molecule has 4 N–H and O–H groups in total. The molecule has 0 fully saturated rings. The Hall–Kier alpha value is -3.36. The van der Waals surface area contributed by atoms with E-state index in [0.717, 1.165) is 5.56 Å². The third kappa shape index (κ3) is 5.16. The predicted molar refractivity (Wildman–Crippen MR) is 113 cm³/mol. The van der Waals surface area contributed by atoms with Crippen molar-refractivity contribution >= 4 is 11.8 Å². The summed E-state index contributed by atoms with van der Waals surface area (Å²) in [5.41, 5.74) is 1.89. The Bertz CT molecular complexity index is 951. The molecular weight excluding hydrogens is 384 g/mol. The number of amides is 2. The fraction of sp³-hybridized carbons (Fsp3) is 0.273. The summed E-state index contributed by atoms with van der Waals surface area (Å²) in [6.07, 6.45) is 1.56. The first-order valence-electron chi connectivity index (χ1n) is 9.63. The first-order valence-corrected chi connectivity index (χ1v) is 9.63. The van der Waals surface area contributed by atoms with Crippen LogP contribution in [0.5, 0.6) is 0 Å². The average Bonchev–Trinajstić information content (AvgIpc) is 3.43. The predicted octanol–water partition coefficient (Wildman–Crippen LogP) is 1.78. The topological polar surface area (TPSA) is 111 Å². The van der Waals surface area contributed by atoms with E-state index in [1.165, 1.54) is 0 Å². The number of aromatic nitrogens is 1. The van der Waals surface area contributed by atoms with E-state index >= 15 is 0 Å². The molecule has 2 aromatic heterocycles. The molecule has 8 nitrogen and oxygen atoms in total. The fourth-order valence-electron chi connectivity index (χ4n) is 3.17. The number of aromatic amines is 1. The maximum Gasteiger partial charge on any atom is 0.267 e.